The van der Waals surface area contributed by atoms with E-state index in [-0.39, 0.29) is 25.6 Å². The third-order valence-corrected chi connectivity index (χ3v) is 11.5. The number of ether oxygens (including phenoxy) is 6. The van der Waals surface area contributed by atoms with Gasteiger partial charge in [-0.2, -0.15) is 0 Å². The van der Waals surface area contributed by atoms with Crippen molar-refractivity contribution in [3.05, 3.63) is 24.3 Å². The predicted octanol–water partition coefficient (Wildman–Crippen LogP) is 12.7. The van der Waals surface area contributed by atoms with E-state index in [9.17, 15) is 0 Å². The Hall–Kier alpha value is -0.880. The normalized spacial score (nSPS) is 12.9. The monoisotopic (exact) mass is 885 g/mol. The van der Waals surface area contributed by atoms with Gasteiger partial charge in [-0.05, 0) is 64.2 Å². The van der Waals surface area contributed by atoms with Crippen LogP contribution in [0.25, 0.3) is 0 Å². The van der Waals surface area contributed by atoms with Crippen molar-refractivity contribution in [2.24, 2.45) is 0 Å². The number of unbranched alkanes of at least 4 members (excludes halogenated alkanes) is 24. The molecule has 0 spiro atoms. The van der Waals surface area contributed by atoms with Crippen LogP contribution >= 0.6 is 0 Å². The lowest BCUT2D eigenvalue weighted by Gasteiger charge is -2.34. The fraction of sp³-hybridized carbons (Fsp3) is 0.925. The van der Waals surface area contributed by atoms with Gasteiger partial charge in [0.15, 0.2) is 6.29 Å². The number of quaternary nitrogens is 1. The first kappa shape index (κ1) is 61.1. The Balaban J connectivity index is 4.61. The van der Waals surface area contributed by atoms with Crippen LogP contribution in [0.2, 0.25) is 0 Å². The first-order chi connectivity index (χ1) is 30.5. The molecule has 0 aromatic heterocycles. The van der Waals surface area contributed by atoms with Gasteiger partial charge in [0.1, 0.15) is 12.6 Å². The molecule has 0 aliphatic carbocycles. The fourth-order valence-electron chi connectivity index (χ4n) is 7.77. The fourth-order valence-corrected chi connectivity index (χ4v) is 7.77. The highest BCUT2D eigenvalue weighted by molar-refractivity contribution is 4.82. The van der Waals surface area contributed by atoms with Gasteiger partial charge in [-0.25, -0.2) is 0 Å². The van der Waals surface area contributed by atoms with Gasteiger partial charge < -0.3 is 43.1 Å². The Morgan fingerprint density at radius 2 is 0.806 bits per heavy atom. The minimum atomic E-state index is -0.358. The Morgan fingerprint density at radius 3 is 1.24 bits per heavy atom. The summed E-state index contributed by atoms with van der Waals surface area (Å²) in [6.07, 6.45) is 47.8. The summed E-state index contributed by atoms with van der Waals surface area (Å²) in [4.78, 5) is 0. The third-order valence-electron chi connectivity index (χ3n) is 11.5. The molecule has 0 saturated heterocycles. The number of rotatable bonds is 53. The highest BCUT2D eigenvalue weighted by Crippen LogP contribution is 2.15. The minimum Gasteiger partial charge on any atom is -0.394 e. The third kappa shape index (κ3) is 48.6. The highest BCUT2D eigenvalue weighted by Gasteiger charge is 2.24. The molecule has 62 heavy (non-hydrogen) atoms. The summed E-state index contributed by atoms with van der Waals surface area (Å²) in [5, 5.41) is 18.0. The van der Waals surface area contributed by atoms with Crippen molar-refractivity contribution in [1.29, 1.82) is 0 Å². The average Bonchev–Trinajstić information content (AvgIpc) is 3.26. The van der Waals surface area contributed by atoms with Gasteiger partial charge in [0, 0.05) is 26.1 Å². The number of hydrogen-bond donors (Lipinski definition) is 2. The van der Waals surface area contributed by atoms with Crippen LogP contribution in [0, 0.1) is 0 Å². The number of likely N-dealkylation sites (N-methyl/N-ethyl adjacent to an activating group) is 1. The summed E-state index contributed by atoms with van der Waals surface area (Å²) >= 11 is 0. The Bertz CT molecular complexity index is 889. The lowest BCUT2D eigenvalue weighted by Crippen LogP contribution is -2.48. The van der Waals surface area contributed by atoms with E-state index in [0.717, 1.165) is 56.5 Å². The molecule has 0 bridgehead atoms. The van der Waals surface area contributed by atoms with E-state index in [0.29, 0.717) is 46.2 Å². The topological polar surface area (TPSA) is 95.8 Å². The van der Waals surface area contributed by atoms with Gasteiger partial charge in [-0.1, -0.05) is 154 Å². The molecule has 0 aromatic rings. The van der Waals surface area contributed by atoms with Crippen molar-refractivity contribution >= 4 is 0 Å². The van der Waals surface area contributed by atoms with Crippen molar-refractivity contribution in [2.75, 3.05) is 99.9 Å². The standard InChI is InChI=1S/C53H106NO8/c1-5-7-9-11-13-15-17-19-21-23-25-27-29-31-33-35-42-59-51-52(60-43-36-34-32-30-28-26-24-22-20-18-16-14-12-10-8-6-2)50-54(3,4)39-37-38-53(61-48-46-57-44-40-55)62-49-47-58-45-41-56/h19-22,52-53,55-56H,5-18,23-51H2,1-4H3/q+1. The summed E-state index contributed by atoms with van der Waals surface area (Å²) in [5.74, 6) is 0. The number of allylic oxidation sites excluding steroid dienone is 4. The second kappa shape index (κ2) is 51.1. The molecule has 0 fully saturated rings. The Morgan fingerprint density at radius 1 is 0.403 bits per heavy atom. The summed E-state index contributed by atoms with van der Waals surface area (Å²) in [7, 11) is 4.57. The zero-order valence-electron chi connectivity index (χ0n) is 41.7. The maximum Gasteiger partial charge on any atom is 0.158 e. The second-order valence-corrected chi connectivity index (χ2v) is 18.3. The first-order valence-electron chi connectivity index (χ1n) is 26.4. The van der Waals surface area contributed by atoms with E-state index in [1.807, 2.05) is 0 Å². The quantitative estimate of drug-likeness (QED) is 0.0270. The molecule has 9 nitrogen and oxygen atoms in total. The number of aliphatic hydroxyl groups excluding tert-OH is 2. The van der Waals surface area contributed by atoms with E-state index in [4.69, 9.17) is 38.6 Å². The molecule has 0 saturated carbocycles. The predicted molar refractivity (Wildman–Crippen MR) is 262 cm³/mol. The van der Waals surface area contributed by atoms with E-state index in [2.05, 4.69) is 52.2 Å². The number of hydrogen-bond acceptors (Lipinski definition) is 8. The zero-order chi connectivity index (χ0) is 45.1. The zero-order valence-corrected chi connectivity index (χ0v) is 41.7. The molecule has 0 radical (unpaired) electrons. The molecule has 0 heterocycles. The van der Waals surface area contributed by atoms with E-state index >= 15 is 0 Å². The molecule has 0 aliphatic rings. The van der Waals surface area contributed by atoms with Gasteiger partial charge in [0.2, 0.25) is 0 Å². The smallest absolute Gasteiger partial charge is 0.158 e. The van der Waals surface area contributed by atoms with Crippen LogP contribution < -0.4 is 0 Å². The maximum atomic E-state index is 8.99. The summed E-state index contributed by atoms with van der Waals surface area (Å²) in [6, 6.07) is 0. The van der Waals surface area contributed by atoms with Gasteiger partial charge in [-0.15, -0.1) is 0 Å². The summed E-state index contributed by atoms with van der Waals surface area (Å²) < 4.78 is 36.4. The summed E-state index contributed by atoms with van der Waals surface area (Å²) in [6.45, 7) is 10.9. The molecule has 1 atom stereocenters. The number of aliphatic hydroxyl groups is 2. The van der Waals surface area contributed by atoms with Crippen molar-refractivity contribution in [3.63, 3.8) is 0 Å². The van der Waals surface area contributed by atoms with Crippen LogP contribution in [0.15, 0.2) is 24.3 Å². The van der Waals surface area contributed by atoms with Gasteiger partial charge >= 0.3 is 0 Å². The van der Waals surface area contributed by atoms with Crippen molar-refractivity contribution < 1.29 is 43.1 Å². The van der Waals surface area contributed by atoms with E-state index in [1.165, 1.54) is 167 Å². The van der Waals surface area contributed by atoms with Crippen molar-refractivity contribution in [2.45, 2.75) is 219 Å². The number of nitrogens with zero attached hydrogens (tertiary/aromatic N) is 1. The van der Waals surface area contributed by atoms with Crippen molar-refractivity contribution in [3.8, 4) is 0 Å². The largest absolute Gasteiger partial charge is 0.394 e. The molecule has 2 N–H and O–H groups in total. The molecule has 370 valence electrons. The van der Waals surface area contributed by atoms with E-state index in [1.54, 1.807) is 0 Å². The molecule has 0 aliphatic heterocycles. The average molecular weight is 885 g/mol. The maximum absolute atomic E-state index is 8.99. The molecule has 9 heteroatoms. The minimum absolute atomic E-state index is 0.000406. The molecule has 0 aromatic carbocycles. The van der Waals surface area contributed by atoms with Gasteiger partial charge in [0.05, 0.1) is 80.1 Å². The Kier molecular flexibility index (Phi) is 50.4. The first-order valence-corrected chi connectivity index (χ1v) is 26.4. The van der Waals surface area contributed by atoms with Crippen LogP contribution in [-0.4, -0.2) is 127 Å². The summed E-state index contributed by atoms with van der Waals surface area (Å²) in [5.41, 5.74) is 0. The van der Waals surface area contributed by atoms with Gasteiger partial charge in [-0.3, -0.25) is 0 Å². The molecular weight excluding hydrogens is 779 g/mol. The SMILES string of the molecule is CCCCCCCCC=CCCCCCCCCOCC(C[N+](C)(C)CCCC(OCCOCCO)OCCOCCO)OCCCCCCCCC=CCCCCCCCC. The highest BCUT2D eigenvalue weighted by atomic mass is 16.7. The van der Waals surface area contributed by atoms with E-state index < -0.39 is 0 Å². The van der Waals surface area contributed by atoms with Gasteiger partial charge in [0.25, 0.3) is 0 Å². The molecule has 1 unspecified atom stereocenters. The van der Waals surface area contributed by atoms with Crippen LogP contribution in [0.4, 0.5) is 0 Å². The van der Waals surface area contributed by atoms with Crippen molar-refractivity contribution in [1.82, 2.24) is 0 Å². The van der Waals surface area contributed by atoms with Crippen LogP contribution in [-0.2, 0) is 28.4 Å². The van der Waals surface area contributed by atoms with Crippen LogP contribution in [0.3, 0.4) is 0 Å². The molecule has 0 amide bonds. The van der Waals surface area contributed by atoms with Crippen LogP contribution in [0.1, 0.15) is 206 Å². The second-order valence-electron chi connectivity index (χ2n) is 18.3. The molecule has 0 rings (SSSR count). The lowest BCUT2D eigenvalue weighted by molar-refractivity contribution is -0.893. The molecular formula is C53H106NO8+. The Labute approximate surface area is 385 Å². The van der Waals surface area contributed by atoms with Crippen LogP contribution in [0.5, 0.6) is 0 Å². The lowest BCUT2D eigenvalue weighted by atomic mass is 10.1.